The molecule has 4 aromatic carbocycles. The number of aliphatic hydroxyl groups excluding tert-OH is 3. The predicted molar refractivity (Wildman–Crippen MR) is 392 cm³/mol. The van der Waals surface area contributed by atoms with Gasteiger partial charge in [-0.1, -0.05) is 191 Å². The van der Waals surface area contributed by atoms with E-state index in [0.29, 0.717) is 85.1 Å². The Kier molecular flexibility index (Phi) is 47.8. The summed E-state index contributed by atoms with van der Waals surface area (Å²) in [6.45, 7) is 37.9. The first-order chi connectivity index (χ1) is 45.4. The summed E-state index contributed by atoms with van der Waals surface area (Å²) in [5.74, 6) is -2.12. The maximum atomic E-state index is 12.6. The highest BCUT2D eigenvalue weighted by Gasteiger charge is 2.45. The zero-order valence-electron chi connectivity index (χ0n) is 62.3. The maximum absolute atomic E-state index is 12.6. The molecule has 4 aromatic rings. The number of aliphatic hydroxyl groups is 3. The lowest BCUT2D eigenvalue weighted by molar-refractivity contribution is -0.158. The van der Waals surface area contributed by atoms with E-state index in [1.807, 2.05) is 142 Å². The lowest BCUT2D eigenvalue weighted by Gasteiger charge is -2.44. The van der Waals surface area contributed by atoms with Crippen molar-refractivity contribution in [2.45, 2.75) is 229 Å². The first kappa shape index (κ1) is 94.2. The normalized spacial score (nSPS) is 13.1. The molecule has 0 radical (unpaired) electrons. The number of methoxy groups -OCH3 is 4. The highest BCUT2D eigenvalue weighted by atomic mass is 28.4. The fourth-order valence-electron chi connectivity index (χ4n) is 8.29. The van der Waals surface area contributed by atoms with Crippen LogP contribution in [0.25, 0.3) is 0 Å². The van der Waals surface area contributed by atoms with E-state index in [-0.39, 0.29) is 54.4 Å². The minimum atomic E-state index is -1.97. The molecular formula is C77H126O19Si2. The van der Waals surface area contributed by atoms with Gasteiger partial charge in [0, 0.05) is 44.7 Å². The van der Waals surface area contributed by atoms with Crippen LogP contribution in [-0.4, -0.2) is 153 Å². The van der Waals surface area contributed by atoms with E-state index in [1.54, 1.807) is 20.8 Å². The molecule has 0 bridgehead atoms. The third-order valence-electron chi connectivity index (χ3n) is 17.3. The topological polar surface area (TPSA) is 255 Å². The molecule has 5 atom stereocenters. The number of esters is 4. The van der Waals surface area contributed by atoms with Gasteiger partial charge in [-0.2, -0.15) is 0 Å². The summed E-state index contributed by atoms with van der Waals surface area (Å²) in [5.41, 5.74) is 2.94. The summed E-state index contributed by atoms with van der Waals surface area (Å²) in [7, 11) is 1.45. The molecule has 0 saturated heterocycles. The van der Waals surface area contributed by atoms with Gasteiger partial charge in [0.15, 0.2) is 16.6 Å². The number of hydrogen-bond acceptors (Lipinski definition) is 19. The molecule has 19 nitrogen and oxygen atoms in total. The van der Waals surface area contributed by atoms with E-state index in [9.17, 15) is 44.1 Å². The van der Waals surface area contributed by atoms with Gasteiger partial charge in [0.1, 0.15) is 18.0 Å². The molecule has 0 heterocycles. The van der Waals surface area contributed by atoms with Crippen LogP contribution in [-0.2, 0) is 102 Å². The lowest BCUT2D eigenvalue weighted by Crippen LogP contribution is -2.50. The number of carbonyl (C=O) groups is 6. The van der Waals surface area contributed by atoms with Crippen molar-refractivity contribution in [3.05, 3.63) is 144 Å². The van der Waals surface area contributed by atoms with Gasteiger partial charge in [0.05, 0.1) is 104 Å². The van der Waals surface area contributed by atoms with Crippen LogP contribution >= 0.6 is 0 Å². The zero-order chi connectivity index (χ0) is 73.9. The number of hydrogen-bond donors (Lipinski definition) is 3. The van der Waals surface area contributed by atoms with Gasteiger partial charge >= 0.3 is 23.9 Å². The molecular weight excluding hydrogens is 1280 g/mol. The Hall–Kier alpha value is -5.83. The Balaban J connectivity index is 0. The number of carbonyl (C=O) groups excluding carboxylic acids is 6. The second-order valence-corrected chi connectivity index (χ2v) is 37.4. The maximum Gasteiger partial charge on any atom is 0.313 e. The van der Waals surface area contributed by atoms with Gasteiger partial charge in [-0.3, -0.25) is 28.8 Å². The first-order valence-corrected chi connectivity index (χ1v) is 39.4. The van der Waals surface area contributed by atoms with E-state index in [2.05, 4.69) is 86.7 Å². The minimum absolute atomic E-state index is 0. The molecule has 0 amide bonds. The summed E-state index contributed by atoms with van der Waals surface area (Å²) in [4.78, 5) is 68.2. The van der Waals surface area contributed by atoms with Crippen molar-refractivity contribution in [1.29, 1.82) is 0 Å². The fourth-order valence-corrected chi connectivity index (χ4v) is 10.8. The SMILES string of the molecule is C.CCC(=O)C(C)(C)[C@H](CCO[Si](C)(C)C(C)(C)C)O[Si](C)(C)C(C)(C)C.COC(=O)C(C)(C)[C@@H](O)CCOCc1ccccc1.COC(=O)CC(=O)CCOCc1ccccc1.COC(=O)C[C@@H](O)CCOCc1ccccc1.COC(=O)[C@@H](C)[C@@H](O)CCOCc1ccccc1. The zero-order valence-corrected chi connectivity index (χ0v) is 64.3. The Morgan fingerprint density at radius 3 is 1.22 bits per heavy atom. The van der Waals surface area contributed by atoms with Crippen molar-refractivity contribution >= 4 is 52.1 Å². The fraction of sp³-hybridized carbons (Fsp3) is 0.610. The molecule has 0 aliphatic heterocycles. The molecule has 0 spiro atoms. The Morgan fingerprint density at radius 1 is 0.469 bits per heavy atom. The van der Waals surface area contributed by atoms with Gasteiger partial charge in [-0.05, 0) is 105 Å². The summed E-state index contributed by atoms with van der Waals surface area (Å²) in [6, 6.07) is 39.1. The van der Waals surface area contributed by atoms with Crippen molar-refractivity contribution in [2.75, 3.05) is 61.5 Å². The van der Waals surface area contributed by atoms with Crippen molar-refractivity contribution in [1.82, 2.24) is 0 Å². The molecule has 0 fully saturated rings. The van der Waals surface area contributed by atoms with Gasteiger partial charge < -0.3 is 62.1 Å². The van der Waals surface area contributed by atoms with Crippen LogP contribution in [0.5, 0.6) is 0 Å². The molecule has 3 N–H and O–H groups in total. The smallest absolute Gasteiger partial charge is 0.313 e. The average Bonchev–Trinajstić information content (AvgIpc) is 0.797. The van der Waals surface area contributed by atoms with Gasteiger partial charge in [0.2, 0.25) is 0 Å². The van der Waals surface area contributed by atoms with E-state index in [0.717, 1.165) is 28.7 Å². The van der Waals surface area contributed by atoms with Crippen molar-refractivity contribution in [2.24, 2.45) is 16.7 Å². The third-order valence-corrected chi connectivity index (χ3v) is 26.3. The largest absolute Gasteiger partial charge is 0.469 e. The number of Topliss-reactive ketones (excluding diaryl/α,β-unsaturated/α-hetero) is 2. The van der Waals surface area contributed by atoms with E-state index >= 15 is 0 Å². The molecule has 21 heteroatoms. The number of ether oxygens (including phenoxy) is 8. The number of benzene rings is 4. The van der Waals surface area contributed by atoms with Crippen molar-refractivity contribution in [3.63, 3.8) is 0 Å². The van der Waals surface area contributed by atoms with E-state index in [4.69, 9.17) is 27.8 Å². The molecule has 0 aromatic heterocycles. The van der Waals surface area contributed by atoms with Crippen LogP contribution in [0.3, 0.4) is 0 Å². The van der Waals surface area contributed by atoms with Gasteiger partial charge in [-0.25, -0.2) is 0 Å². The Bertz CT molecular complexity index is 2770. The van der Waals surface area contributed by atoms with Crippen LogP contribution in [0.2, 0.25) is 36.3 Å². The van der Waals surface area contributed by atoms with Crippen LogP contribution in [0.15, 0.2) is 121 Å². The average molecular weight is 1410 g/mol. The first-order valence-electron chi connectivity index (χ1n) is 33.5. The third kappa shape index (κ3) is 39.8. The Morgan fingerprint density at radius 2 is 0.857 bits per heavy atom. The standard InChI is InChI=1S/C21H46O3Si2.C15H22O4.C14H20O4.C13H18O4.C13H16O4.CH4/c1-14-17(22)21(8,9)18(24-26(12,13)20(5,6)7)15-16-23-25(10,11)19(2,3)4;1-15(2,14(17)18-3)13(16)9-10-19-11-12-7-5-4-6-8-12;1-11(14(16)17-2)13(15)8-9-18-10-12-6-4-3-5-7-12;2*1-16-13(15)9-12(14)7-8-17-10-11-5-3-2-4-6-11;/h18H,14-16H2,1-13H3;4-8,13,16H,9-11H2,1-3H3;3-7,11,13,15H,8-10H2,1-2H3;2-6,12,14H,7-10H2,1H3;2-6H,7-10H2,1H3;1H4/t18-;13-;11-,13-;12-;;/m0000../s1. The summed E-state index contributed by atoms with van der Waals surface area (Å²) >= 11 is 0. The number of rotatable bonds is 37. The molecule has 0 saturated carbocycles. The highest BCUT2D eigenvalue weighted by molar-refractivity contribution is 6.74. The molecule has 0 aliphatic rings. The highest BCUT2D eigenvalue weighted by Crippen LogP contribution is 2.42. The molecule has 98 heavy (non-hydrogen) atoms. The summed E-state index contributed by atoms with van der Waals surface area (Å²) < 4.78 is 52.9. The van der Waals surface area contributed by atoms with E-state index in [1.165, 1.54) is 28.4 Å². The minimum Gasteiger partial charge on any atom is -0.469 e. The Labute approximate surface area is 590 Å². The summed E-state index contributed by atoms with van der Waals surface area (Å²) in [6.07, 6.45) is 0.353. The molecule has 0 unspecified atom stereocenters. The summed E-state index contributed by atoms with van der Waals surface area (Å²) in [5, 5.41) is 29.5. The van der Waals surface area contributed by atoms with Crippen LogP contribution in [0.1, 0.15) is 164 Å². The van der Waals surface area contributed by atoms with Crippen molar-refractivity contribution < 1.29 is 90.8 Å². The van der Waals surface area contributed by atoms with Crippen LogP contribution in [0.4, 0.5) is 0 Å². The second-order valence-electron chi connectivity index (χ2n) is 27.9. The van der Waals surface area contributed by atoms with Gasteiger partial charge in [-0.15, -0.1) is 0 Å². The van der Waals surface area contributed by atoms with Crippen molar-refractivity contribution in [3.8, 4) is 0 Å². The monoisotopic (exact) mass is 1410 g/mol. The molecule has 4 rings (SSSR count). The number of ketones is 2. The molecule has 556 valence electrons. The van der Waals surface area contributed by atoms with Gasteiger partial charge in [0.25, 0.3) is 0 Å². The molecule has 0 aliphatic carbocycles. The van der Waals surface area contributed by atoms with E-state index < -0.39 is 75.6 Å². The lowest BCUT2D eigenvalue weighted by atomic mass is 9.80. The second kappa shape index (κ2) is 49.7. The quantitative estimate of drug-likeness (QED) is 0.0125. The predicted octanol–water partition coefficient (Wildman–Crippen LogP) is 14.6. The van der Waals surface area contributed by atoms with Crippen LogP contribution in [0, 0.1) is 16.7 Å². The van der Waals surface area contributed by atoms with Crippen LogP contribution < -0.4 is 0 Å².